The molecule has 0 radical (unpaired) electrons. The van der Waals surface area contributed by atoms with Crippen LogP contribution in [0.1, 0.15) is 5.56 Å². The Labute approximate surface area is 119 Å². The number of nitrogens with two attached hydrogens (primary N) is 1. The molecule has 0 bridgehead atoms. The molecule has 1 heterocycles. The summed E-state index contributed by atoms with van der Waals surface area (Å²) in [7, 11) is 0. The number of carbonyl (C=O) groups excluding carboxylic acids is 1. The molecule has 1 aliphatic rings. The number of hydrogen-bond acceptors (Lipinski definition) is 3. The summed E-state index contributed by atoms with van der Waals surface area (Å²) in [6, 6.07) is 9.55. The van der Waals surface area contributed by atoms with E-state index in [4.69, 9.17) is 5.73 Å². The Morgan fingerprint density at radius 2 is 1.89 bits per heavy atom. The molecule has 2 rings (SSSR count). The molecule has 18 heavy (non-hydrogen) atoms. The molecule has 0 spiro atoms. The molecule has 0 unspecified atom stereocenters. The highest BCUT2D eigenvalue weighted by Gasteiger charge is 2.22. The Morgan fingerprint density at radius 1 is 1.28 bits per heavy atom. The van der Waals surface area contributed by atoms with Gasteiger partial charge >= 0.3 is 0 Å². The van der Waals surface area contributed by atoms with Crippen molar-refractivity contribution in [3.05, 3.63) is 35.9 Å². The number of amides is 1. The third-order valence-electron chi connectivity index (χ3n) is 2.94. The number of benzene rings is 1. The van der Waals surface area contributed by atoms with Gasteiger partial charge in [-0.1, -0.05) is 30.3 Å². The van der Waals surface area contributed by atoms with Crippen molar-refractivity contribution in [3.63, 3.8) is 0 Å². The highest BCUT2D eigenvalue weighted by Crippen LogP contribution is 2.11. The van der Waals surface area contributed by atoms with Crippen molar-refractivity contribution in [1.29, 1.82) is 0 Å². The standard InChI is InChI=1S/C13H18N2OS.ClH/c14-12(10-11-4-2-1-3-5-11)13(16)15-6-8-17-9-7-15;/h1-5,12H,6-10,14H2;1H/t12-;/m0./s1. The minimum atomic E-state index is -0.402. The lowest BCUT2D eigenvalue weighted by atomic mass is 10.1. The summed E-state index contributed by atoms with van der Waals surface area (Å²) in [6.07, 6.45) is 0.628. The maximum atomic E-state index is 12.1. The molecule has 1 amide bonds. The zero-order chi connectivity index (χ0) is 12.1. The van der Waals surface area contributed by atoms with E-state index in [2.05, 4.69) is 0 Å². The molecule has 1 atom stereocenters. The molecule has 1 aliphatic heterocycles. The van der Waals surface area contributed by atoms with Crippen molar-refractivity contribution in [2.75, 3.05) is 24.6 Å². The fraction of sp³-hybridized carbons (Fsp3) is 0.462. The fourth-order valence-corrected chi connectivity index (χ4v) is 2.88. The van der Waals surface area contributed by atoms with Gasteiger partial charge in [0.1, 0.15) is 0 Å². The van der Waals surface area contributed by atoms with Crippen molar-refractivity contribution in [2.24, 2.45) is 5.73 Å². The lowest BCUT2D eigenvalue weighted by Crippen LogP contribution is -2.48. The van der Waals surface area contributed by atoms with E-state index in [1.165, 1.54) is 0 Å². The van der Waals surface area contributed by atoms with Crippen molar-refractivity contribution < 1.29 is 4.79 Å². The van der Waals surface area contributed by atoms with Gasteiger partial charge in [-0.3, -0.25) is 4.79 Å². The summed E-state index contributed by atoms with van der Waals surface area (Å²) < 4.78 is 0. The summed E-state index contributed by atoms with van der Waals surface area (Å²) in [5.41, 5.74) is 7.11. The van der Waals surface area contributed by atoms with Crippen LogP contribution >= 0.6 is 24.2 Å². The summed E-state index contributed by atoms with van der Waals surface area (Å²) in [5, 5.41) is 0. The summed E-state index contributed by atoms with van der Waals surface area (Å²) in [4.78, 5) is 14.0. The first-order valence-corrected chi connectivity index (χ1v) is 7.09. The van der Waals surface area contributed by atoms with Gasteiger partial charge in [-0.05, 0) is 12.0 Å². The van der Waals surface area contributed by atoms with Gasteiger partial charge in [0, 0.05) is 24.6 Å². The molecule has 2 N–H and O–H groups in total. The van der Waals surface area contributed by atoms with Crippen LogP contribution in [0.4, 0.5) is 0 Å². The second-order valence-corrected chi connectivity index (χ2v) is 5.46. The molecule has 0 aromatic heterocycles. The van der Waals surface area contributed by atoms with Crippen molar-refractivity contribution >= 4 is 30.1 Å². The lowest BCUT2D eigenvalue weighted by molar-refractivity contribution is -0.132. The SMILES string of the molecule is Cl.N[C@@H](Cc1ccccc1)C(=O)N1CCSCC1. The molecule has 1 aromatic rings. The van der Waals surface area contributed by atoms with Crippen LogP contribution in [0.5, 0.6) is 0 Å². The molecule has 5 heteroatoms. The maximum absolute atomic E-state index is 12.1. The second kappa shape index (κ2) is 7.67. The van der Waals surface area contributed by atoms with E-state index in [-0.39, 0.29) is 18.3 Å². The Hall–Kier alpha value is -0.710. The molecular weight excluding hydrogens is 268 g/mol. The Morgan fingerprint density at radius 3 is 2.50 bits per heavy atom. The summed E-state index contributed by atoms with van der Waals surface area (Å²) >= 11 is 1.90. The number of carbonyl (C=O) groups is 1. The fourth-order valence-electron chi connectivity index (χ4n) is 1.97. The van der Waals surface area contributed by atoms with Gasteiger partial charge in [-0.25, -0.2) is 0 Å². The van der Waals surface area contributed by atoms with Gasteiger partial charge in [-0.15, -0.1) is 12.4 Å². The van der Waals surface area contributed by atoms with Crippen LogP contribution < -0.4 is 5.73 Å². The minimum Gasteiger partial charge on any atom is -0.340 e. The monoisotopic (exact) mass is 286 g/mol. The van der Waals surface area contributed by atoms with Gasteiger partial charge in [-0.2, -0.15) is 11.8 Å². The van der Waals surface area contributed by atoms with Crippen molar-refractivity contribution in [2.45, 2.75) is 12.5 Å². The van der Waals surface area contributed by atoms with Gasteiger partial charge in [0.05, 0.1) is 6.04 Å². The molecule has 100 valence electrons. The number of rotatable bonds is 3. The van der Waals surface area contributed by atoms with Gasteiger partial charge in [0.15, 0.2) is 0 Å². The van der Waals surface area contributed by atoms with Crippen LogP contribution in [0.25, 0.3) is 0 Å². The topological polar surface area (TPSA) is 46.3 Å². The molecule has 0 saturated carbocycles. The van der Waals surface area contributed by atoms with Crippen LogP contribution in [0.3, 0.4) is 0 Å². The number of halogens is 1. The van der Waals surface area contributed by atoms with E-state index >= 15 is 0 Å². The average molecular weight is 287 g/mol. The van der Waals surface area contributed by atoms with E-state index in [9.17, 15) is 4.79 Å². The first kappa shape index (κ1) is 15.3. The van der Waals surface area contributed by atoms with E-state index in [1.807, 2.05) is 47.0 Å². The van der Waals surface area contributed by atoms with Gasteiger partial charge in [0.2, 0.25) is 5.91 Å². The zero-order valence-corrected chi connectivity index (χ0v) is 11.9. The Bertz CT molecular complexity index is 369. The predicted molar refractivity (Wildman–Crippen MR) is 79.3 cm³/mol. The van der Waals surface area contributed by atoms with E-state index in [1.54, 1.807) is 0 Å². The smallest absolute Gasteiger partial charge is 0.239 e. The summed E-state index contributed by atoms with van der Waals surface area (Å²) in [5.74, 6) is 2.15. The third kappa shape index (κ3) is 4.19. The van der Waals surface area contributed by atoms with Crippen LogP contribution in [0, 0.1) is 0 Å². The molecule has 1 fully saturated rings. The molecule has 1 aromatic carbocycles. The van der Waals surface area contributed by atoms with E-state index < -0.39 is 6.04 Å². The molecule has 3 nitrogen and oxygen atoms in total. The van der Waals surface area contributed by atoms with Gasteiger partial charge < -0.3 is 10.6 Å². The first-order valence-electron chi connectivity index (χ1n) is 5.93. The Balaban J connectivity index is 0.00000162. The zero-order valence-electron chi connectivity index (χ0n) is 10.2. The number of hydrogen-bond donors (Lipinski definition) is 1. The maximum Gasteiger partial charge on any atom is 0.239 e. The number of thioether (sulfide) groups is 1. The quantitative estimate of drug-likeness (QED) is 0.917. The van der Waals surface area contributed by atoms with Gasteiger partial charge in [0.25, 0.3) is 0 Å². The van der Waals surface area contributed by atoms with E-state index in [0.717, 1.165) is 30.2 Å². The van der Waals surface area contributed by atoms with Crippen LogP contribution in [-0.2, 0) is 11.2 Å². The third-order valence-corrected chi connectivity index (χ3v) is 3.88. The predicted octanol–water partition coefficient (Wildman–Crippen LogP) is 1.55. The highest BCUT2D eigenvalue weighted by atomic mass is 35.5. The lowest BCUT2D eigenvalue weighted by Gasteiger charge is -2.28. The molecule has 1 saturated heterocycles. The normalized spacial score (nSPS) is 16.8. The largest absolute Gasteiger partial charge is 0.340 e. The molecule has 0 aliphatic carbocycles. The van der Waals surface area contributed by atoms with Crippen molar-refractivity contribution in [1.82, 2.24) is 4.90 Å². The van der Waals surface area contributed by atoms with Crippen LogP contribution in [0.15, 0.2) is 30.3 Å². The average Bonchev–Trinajstić information content (AvgIpc) is 2.40. The number of nitrogens with zero attached hydrogens (tertiary/aromatic N) is 1. The Kier molecular flexibility index (Phi) is 6.54. The second-order valence-electron chi connectivity index (χ2n) is 4.23. The van der Waals surface area contributed by atoms with Crippen molar-refractivity contribution in [3.8, 4) is 0 Å². The molecular formula is C13H19ClN2OS. The van der Waals surface area contributed by atoms with E-state index in [0.29, 0.717) is 6.42 Å². The van der Waals surface area contributed by atoms with Crippen LogP contribution in [-0.4, -0.2) is 41.4 Å². The first-order chi connectivity index (χ1) is 8.27. The summed E-state index contributed by atoms with van der Waals surface area (Å²) in [6.45, 7) is 1.68. The highest BCUT2D eigenvalue weighted by molar-refractivity contribution is 7.99. The van der Waals surface area contributed by atoms with Crippen LogP contribution in [0.2, 0.25) is 0 Å². The minimum absolute atomic E-state index is 0.